The van der Waals surface area contributed by atoms with Crippen molar-refractivity contribution < 1.29 is 4.42 Å². The predicted molar refractivity (Wildman–Crippen MR) is 58.9 cm³/mol. The van der Waals surface area contributed by atoms with Crippen LogP contribution in [0.25, 0.3) is 6.08 Å². The monoisotopic (exact) mass is 190 g/mol. The summed E-state index contributed by atoms with van der Waals surface area (Å²) in [6, 6.07) is 1.91. The highest BCUT2D eigenvalue weighted by molar-refractivity contribution is 6.83. The summed E-state index contributed by atoms with van der Waals surface area (Å²) in [6.07, 6.45) is 7.19. The van der Waals surface area contributed by atoms with Crippen LogP contribution < -0.4 is 0 Å². The minimum atomic E-state index is -1.22. The first-order valence-corrected chi connectivity index (χ1v) is 7.79. The van der Waals surface area contributed by atoms with E-state index in [2.05, 4.69) is 31.1 Å². The van der Waals surface area contributed by atoms with Gasteiger partial charge < -0.3 is 4.42 Å². The van der Waals surface area contributed by atoms with E-state index >= 15 is 0 Å². The fourth-order valence-electron chi connectivity index (χ4n) is 0.766. The molecule has 0 aromatic carbocycles. The molecule has 0 fully saturated rings. The van der Waals surface area contributed by atoms with E-state index in [1.165, 1.54) is 0 Å². The van der Waals surface area contributed by atoms with Gasteiger partial charge in [0.25, 0.3) is 0 Å². The Morgan fingerprint density at radius 2 is 2.15 bits per heavy atom. The number of allylic oxidation sites excluding steroid dienone is 1. The van der Waals surface area contributed by atoms with Crippen molar-refractivity contribution in [2.24, 2.45) is 0 Å². The first-order valence-electron chi connectivity index (χ1n) is 4.29. The smallest absolute Gasteiger partial charge is 0.129 e. The zero-order chi connectivity index (χ0) is 9.73. The van der Waals surface area contributed by atoms with Gasteiger partial charge in [-0.2, -0.15) is 0 Å². The summed E-state index contributed by atoms with van der Waals surface area (Å²) in [5, 5.41) is 0. The lowest BCUT2D eigenvalue weighted by molar-refractivity contribution is 0.567. The summed E-state index contributed by atoms with van der Waals surface area (Å²) in [5.74, 6) is 3.05. The average Bonchev–Trinajstić information content (AvgIpc) is 2.48. The van der Waals surface area contributed by atoms with Crippen LogP contribution in [0.5, 0.6) is 0 Å². The van der Waals surface area contributed by atoms with Crippen molar-refractivity contribution in [2.45, 2.75) is 19.6 Å². The molecule has 0 atom stereocenters. The highest BCUT2D eigenvalue weighted by Crippen LogP contribution is 2.01. The lowest BCUT2D eigenvalue weighted by atomic mass is 10.3. The van der Waals surface area contributed by atoms with E-state index in [-0.39, 0.29) is 0 Å². The molecule has 2 heteroatoms. The quantitative estimate of drug-likeness (QED) is 0.489. The molecule has 0 radical (unpaired) electrons. The highest BCUT2D eigenvalue weighted by Gasteiger charge is 2.06. The van der Waals surface area contributed by atoms with Gasteiger partial charge in [0.2, 0.25) is 0 Å². The van der Waals surface area contributed by atoms with Crippen molar-refractivity contribution >= 4 is 14.1 Å². The molecule has 0 aliphatic rings. The molecule has 1 rings (SSSR count). The Hall–Kier alpha value is -1.20. The minimum Gasteiger partial charge on any atom is -0.472 e. The minimum absolute atomic E-state index is 1.06. The number of rotatable bonds is 1. The molecule has 68 valence electrons. The summed E-state index contributed by atoms with van der Waals surface area (Å²) in [5.41, 5.74) is 4.32. The standard InChI is InChI=1S/C11H14OSi/c1-13(2,3)9-5-4-6-11-7-8-12-10-11/h4,6-8,10H,1-3H3/b6-4-. The van der Waals surface area contributed by atoms with Crippen LogP contribution in [0.2, 0.25) is 19.6 Å². The Labute approximate surface area is 80.5 Å². The second-order valence-electron chi connectivity index (χ2n) is 3.91. The van der Waals surface area contributed by atoms with Crippen LogP contribution in [0.15, 0.2) is 29.1 Å². The molecule has 13 heavy (non-hydrogen) atoms. The van der Waals surface area contributed by atoms with Crippen molar-refractivity contribution in [3.05, 3.63) is 30.2 Å². The molecule has 0 saturated heterocycles. The molecular formula is C11H14OSi. The summed E-state index contributed by atoms with van der Waals surface area (Å²) in [7, 11) is -1.22. The number of hydrogen-bond acceptors (Lipinski definition) is 1. The van der Waals surface area contributed by atoms with Crippen molar-refractivity contribution in [2.75, 3.05) is 0 Å². The van der Waals surface area contributed by atoms with E-state index < -0.39 is 8.07 Å². The maximum absolute atomic E-state index is 4.92. The zero-order valence-electron chi connectivity index (χ0n) is 8.29. The fraction of sp³-hybridized carbons (Fsp3) is 0.273. The SMILES string of the molecule is C[Si](C)(C)C#C/C=C\c1ccoc1. The first kappa shape index (κ1) is 9.88. The maximum Gasteiger partial charge on any atom is 0.129 e. The van der Waals surface area contributed by atoms with Crippen molar-refractivity contribution in [1.29, 1.82) is 0 Å². The maximum atomic E-state index is 4.92. The predicted octanol–water partition coefficient (Wildman–Crippen LogP) is 3.17. The summed E-state index contributed by atoms with van der Waals surface area (Å²) < 4.78 is 4.92. The molecule has 0 aliphatic carbocycles. The van der Waals surface area contributed by atoms with Crippen LogP contribution in [0.3, 0.4) is 0 Å². The van der Waals surface area contributed by atoms with Gasteiger partial charge in [0, 0.05) is 5.56 Å². The second-order valence-corrected chi connectivity index (χ2v) is 8.66. The summed E-state index contributed by atoms with van der Waals surface area (Å²) in [4.78, 5) is 0. The van der Waals surface area contributed by atoms with Crippen molar-refractivity contribution in [3.63, 3.8) is 0 Å². The van der Waals surface area contributed by atoms with Crippen LogP contribution >= 0.6 is 0 Å². The molecule has 0 N–H and O–H groups in total. The Kier molecular flexibility index (Phi) is 3.16. The molecule has 1 aromatic rings. The van der Waals surface area contributed by atoms with Gasteiger partial charge >= 0.3 is 0 Å². The lowest BCUT2D eigenvalue weighted by Gasteiger charge is -2.01. The van der Waals surface area contributed by atoms with Crippen LogP contribution in [-0.4, -0.2) is 8.07 Å². The highest BCUT2D eigenvalue weighted by atomic mass is 28.3. The molecule has 0 aliphatic heterocycles. The summed E-state index contributed by atoms with van der Waals surface area (Å²) >= 11 is 0. The van der Waals surface area contributed by atoms with E-state index in [9.17, 15) is 0 Å². The van der Waals surface area contributed by atoms with Gasteiger partial charge in [-0.1, -0.05) is 25.6 Å². The van der Waals surface area contributed by atoms with Gasteiger partial charge in [-0.3, -0.25) is 0 Å². The molecule has 0 spiro atoms. The molecular weight excluding hydrogens is 176 g/mol. The van der Waals surface area contributed by atoms with Crippen LogP contribution in [0.1, 0.15) is 5.56 Å². The Bertz CT molecular complexity index is 330. The van der Waals surface area contributed by atoms with Gasteiger partial charge in [0.05, 0.1) is 12.5 Å². The van der Waals surface area contributed by atoms with Crippen LogP contribution in [-0.2, 0) is 0 Å². The normalized spacial score (nSPS) is 11.3. The van der Waals surface area contributed by atoms with Crippen molar-refractivity contribution in [3.8, 4) is 11.5 Å². The van der Waals surface area contributed by atoms with Crippen LogP contribution in [0, 0.1) is 11.5 Å². The second kappa shape index (κ2) is 4.15. The molecule has 1 heterocycles. The van der Waals surface area contributed by atoms with E-state index in [0.717, 1.165) is 5.56 Å². The van der Waals surface area contributed by atoms with E-state index in [4.69, 9.17) is 4.42 Å². The van der Waals surface area contributed by atoms with Gasteiger partial charge in [0.1, 0.15) is 8.07 Å². The summed E-state index contributed by atoms with van der Waals surface area (Å²) in [6.45, 7) is 6.68. The third-order valence-corrected chi connectivity index (χ3v) is 2.24. The molecule has 0 bridgehead atoms. The average molecular weight is 190 g/mol. The van der Waals surface area contributed by atoms with Gasteiger partial charge in [0.15, 0.2) is 0 Å². The van der Waals surface area contributed by atoms with Gasteiger partial charge in [-0.15, -0.1) is 5.54 Å². The Morgan fingerprint density at radius 1 is 1.38 bits per heavy atom. The molecule has 1 aromatic heterocycles. The number of hydrogen-bond donors (Lipinski definition) is 0. The van der Waals surface area contributed by atoms with Gasteiger partial charge in [-0.25, -0.2) is 0 Å². The molecule has 0 unspecified atom stereocenters. The fourth-order valence-corrected chi connectivity index (χ4v) is 1.28. The Balaban J connectivity index is 2.55. The van der Waals surface area contributed by atoms with Crippen molar-refractivity contribution in [1.82, 2.24) is 0 Å². The third kappa shape index (κ3) is 4.39. The zero-order valence-corrected chi connectivity index (χ0v) is 9.29. The lowest BCUT2D eigenvalue weighted by Crippen LogP contribution is -2.16. The number of furan rings is 1. The Morgan fingerprint density at radius 3 is 2.69 bits per heavy atom. The van der Waals surface area contributed by atoms with Gasteiger partial charge in [-0.05, 0) is 18.2 Å². The van der Waals surface area contributed by atoms with E-state index in [1.54, 1.807) is 12.5 Å². The van der Waals surface area contributed by atoms with E-state index in [1.807, 2.05) is 18.2 Å². The van der Waals surface area contributed by atoms with E-state index in [0.29, 0.717) is 0 Å². The van der Waals surface area contributed by atoms with Crippen LogP contribution in [0.4, 0.5) is 0 Å². The molecule has 0 amide bonds. The topological polar surface area (TPSA) is 13.1 Å². The largest absolute Gasteiger partial charge is 0.472 e. The third-order valence-electron chi connectivity index (χ3n) is 1.35. The first-order chi connectivity index (χ1) is 6.08. The molecule has 1 nitrogen and oxygen atoms in total. The molecule has 0 saturated carbocycles.